The second-order valence-electron chi connectivity index (χ2n) is 4.40. The molecule has 2 N–H and O–H groups in total. The quantitative estimate of drug-likeness (QED) is 0.872. The predicted molar refractivity (Wildman–Crippen MR) is 86.5 cm³/mol. The molecule has 2 aromatic carbocycles. The number of anilines is 1. The first kappa shape index (κ1) is 16.1. The van der Waals surface area contributed by atoms with Gasteiger partial charge in [0.15, 0.2) is 0 Å². The molecule has 0 aliphatic carbocycles. The number of hydrogen-bond acceptors (Lipinski definition) is 3. The van der Waals surface area contributed by atoms with Gasteiger partial charge in [0, 0.05) is 16.6 Å². The smallest absolute Gasteiger partial charge is 0.261 e. The Morgan fingerprint density at radius 3 is 2.52 bits per heavy atom. The van der Waals surface area contributed by atoms with Gasteiger partial charge in [-0.05, 0) is 49.0 Å². The van der Waals surface area contributed by atoms with Crippen LogP contribution in [0, 0.1) is 0 Å². The van der Waals surface area contributed by atoms with Gasteiger partial charge in [0.1, 0.15) is 0 Å². The third-order valence-corrected chi connectivity index (χ3v) is 4.75. The van der Waals surface area contributed by atoms with E-state index in [0.717, 1.165) is 0 Å². The number of benzene rings is 2. The topological polar surface area (TPSA) is 58.2 Å². The highest BCUT2D eigenvalue weighted by molar-refractivity contribution is 7.92. The summed E-state index contributed by atoms with van der Waals surface area (Å²) in [5.41, 5.74) is 1.13. The highest BCUT2D eigenvalue weighted by Crippen LogP contribution is 2.23. The lowest BCUT2D eigenvalue weighted by Crippen LogP contribution is -2.14. The van der Waals surface area contributed by atoms with Gasteiger partial charge in [-0.15, -0.1) is 0 Å². The van der Waals surface area contributed by atoms with E-state index in [1.807, 2.05) is 0 Å². The number of rotatable bonds is 5. The molecule has 112 valence electrons. The van der Waals surface area contributed by atoms with Crippen molar-refractivity contribution in [1.29, 1.82) is 0 Å². The molecule has 4 nitrogen and oxygen atoms in total. The Labute approximate surface area is 134 Å². The molecule has 0 fully saturated rings. The van der Waals surface area contributed by atoms with E-state index in [2.05, 4.69) is 10.0 Å². The van der Waals surface area contributed by atoms with Gasteiger partial charge >= 0.3 is 0 Å². The summed E-state index contributed by atoms with van der Waals surface area (Å²) in [6.45, 7) is 0.485. The SMILES string of the molecule is CNCc1cc(S(=O)(=O)Nc2cccc(Cl)c2)ccc1Cl. The average Bonchev–Trinajstić information content (AvgIpc) is 2.41. The summed E-state index contributed by atoms with van der Waals surface area (Å²) in [5.74, 6) is 0. The van der Waals surface area contributed by atoms with Crippen molar-refractivity contribution >= 4 is 38.9 Å². The van der Waals surface area contributed by atoms with E-state index in [9.17, 15) is 8.42 Å². The third kappa shape index (κ3) is 4.11. The van der Waals surface area contributed by atoms with Crippen LogP contribution in [0.15, 0.2) is 47.4 Å². The Hall–Kier alpha value is -1.27. The maximum absolute atomic E-state index is 12.4. The van der Waals surface area contributed by atoms with Gasteiger partial charge in [-0.3, -0.25) is 4.72 Å². The third-order valence-electron chi connectivity index (χ3n) is 2.77. The van der Waals surface area contributed by atoms with Crippen molar-refractivity contribution in [2.24, 2.45) is 0 Å². The number of nitrogens with one attached hydrogen (secondary N) is 2. The molecule has 7 heteroatoms. The van der Waals surface area contributed by atoms with Gasteiger partial charge < -0.3 is 5.32 Å². The minimum Gasteiger partial charge on any atom is -0.316 e. The van der Waals surface area contributed by atoms with Gasteiger partial charge in [-0.2, -0.15) is 0 Å². The Morgan fingerprint density at radius 2 is 1.86 bits per heavy atom. The summed E-state index contributed by atoms with van der Waals surface area (Å²) < 4.78 is 27.2. The highest BCUT2D eigenvalue weighted by atomic mass is 35.5. The minimum absolute atomic E-state index is 0.150. The zero-order valence-corrected chi connectivity index (χ0v) is 13.6. The fraction of sp³-hybridized carbons (Fsp3) is 0.143. The highest BCUT2D eigenvalue weighted by Gasteiger charge is 2.16. The summed E-state index contributed by atoms with van der Waals surface area (Å²) >= 11 is 11.9. The van der Waals surface area contributed by atoms with Gasteiger partial charge in [0.2, 0.25) is 0 Å². The molecule has 0 radical (unpaired) electrons. The fourth-order valence-electron chi connectivity index (χ4n) is 1.81. The maximum atomic E-state index is 12.4. The van der Waals surface area contributed by atoms with Crippen molar-refractivity contribution in [2.45, 2.75) is 11.4 Å². The van der Waals surface area contributed by atoms with E-state index in [-0.39, 0.29) is 4.90 Å². The van der Waals surface area contributed by atoms with E-state index >= 15 is 0 Å². The van der Waals surface area contributed by atoms with Gasteiger partial charge in [-0.1, -0.05) is 29.3 Å². The zero-order valence-electron chi connectivity index (χ0n) is 11.2. The van der Waals surface area contributed by atoms with Crippen LogP contribution < -0.4 is 10.0 Å². The largest absolute Gasteiger partial charge is 0.316 e. The molecule has 0 aliphatic rings. The maximum Gasteiger partial charge on any atom is 0.261 e. The van der Waals surface area contributed by atoms with Crippen molar-refractivity contribution in [1.82, 2.24) is 5.32 Å². The van der Waals surface area contributed by atoms with E-state index in [1.54, 1.807) is 43.4 Å². The van der Waals surface area contributed by atoms with Crippen LogP contribution in [0.25, 0.3) is 0 Å². The van der Waals surface area contributed by atoms with Crippen molar-refractivity contribution < 1.29 is 8.42 Å². The lowest BCUT2D eigenvalue weighted by atomic mass is 10.2. The lowest BCUT2D eigenvalue weighted by Gasteiger charge is -2.10. The summed E-state index contributed by atoms with van der Waals surface area (Å²) in [6, 6.07) is 11.1. The average molecular weight is 345 g/mol. The molecule has 0 saturated carbocycles. The van der Waals surface area contributed by atoms with Crippen LogP contribution in [0.1, 0.15) is 5.56 Å². The van der Waals surface area contributed by atoms with Crippen LogP contribution in [-0.2, 0) is 16.6 Å². The first-order chi connectivity index (χ1) is 9.92. The fourth-order valence-corrected chi connectivity index (χ4v) is 3.28. The molecule has 0 atom stereocenters. The molecule has 0 amide bonds. The van der Waals surface area contributed by atoms with Crippen LogP contribution in [0.3, 0.4) is 0 Å². The van der Waals surface area contributed by atoms with Crippen LogP contribution in [0.2, 0.25) is 10.0 Å². The molecule has 0 heterocycles. The molecule has 0 bridgehead atoms. The van der Waals surface area contributed by atoms with Crippen LogP contribution in [0.5, 0.6) is 0 Å². The molecule has 0 saturated heterocycles. The Morgan fingerprint density at radius 1 is 1.10 bits per heavy atom. The Balaban J connectivity index is 2.33. The molecule has 2 rings (SSSR count). The van der Waals surface area contributed by atoms with E-state index < -0.39 is 10.0 Å². The lowest BCUT2D eigenvalue weighted by molar-refractivity contribution is 0.601. The van der Waals surface area contributed by atoms with E-state index in [1.165, 1.54) is 6.07 Å². The number of halogens is 2. The van der Waals surface area contributed by atoms with Crippen molar-refractivity contribution in [3.63, 3.8) is 0 Å². The minimum atomic E-state index is -3.68. The summed E-state index contributed by atoms with van der Waals surface area (Å²) in [5, 5.41) is 3.92. The van der Waals surface area contributed by atoms with Crippen LogP contribution >= 0.6 is 23.2 Å². The van der Waals surface area contributed by atoms with Crippen LogP contribution in [-0.4, -0.2) is 15.5 Å². The molecule has 0 aliphatic heterocycles. The molecular formula is C14H14Cl2N2O2S. The summed E-state index contributed by atoms with van der Waals surface area (Å²) in [4.78, 5) is 0.150. The summed E-state index contributed by atoms with van der Waals surface area (Å²) in [7, 11) is -1.92. The second-order valence-corrected chi connectivity index (χ2v) is 6.93. The number of hydrogen-bond donors (Lipinski definition) is 2. The predicted octanol–water partition coefficient (Wildman–Crippen LogP) is 3.51. The summed E-state index contributed by atoms with van der Waals surface area (Å²) in [6.07, 6.45) is 0. The van der Waals surface area contributed by atoms with Gasteiger partial charge in [-0.25, -0.2) is 8.42 Å². The van der Waals surface area contributed by atoms with E-state index in [4.69, 9.17) is 23.2 Å². The molecule has 0 aromatic heterocycles. The van der Waals surface area contributed by atoms with Crippen molar-refractivity contribution in [3.8, 4) is 0 Å². The normalized spacial score (nSPS) is 11.4. The number of sulfonamides is 1. The molecule has 2 aromatic rings. The molecule has 0 spiro atoms. The second kappa shape index (κ2) is 6.66. The standard InChI is InChI=1S/C14H14Cl2N2O2S/c1-17-9-10-7-13(5-6-14(10)16)21(19,20)18-12-4-2-3-11(15)8-12/h2-8,17-18H,9H2,1H3. The van der Waals surface area contributed by atoms with Crippen molar-refractivity contribution in [2.75, 3.05) is 11.8 Å². The van der Waals surface area contributed by atoms with E-state index in [0.29, 0.717) is 27.8 Å². The molecule has 0 unspecified atom stereocenters. The first-order valence-corrected chi connectivity index (χ1v) is 8.38. The van der Waals surface area contributed by atoms with Crippen LogP contribution in [0.4, 0.5) is 5.69 Å². The van der Waals surface area contributed by atoms with Gasteiger partial charge in [0.05, 0.1) is 10.6 Å². The first-order valence-electron chi connectivity index (χ1n) is 6.14. The monoisotopic (exact) mass is 344 g/mol. The molecule has 21 heavy (non-hydrogen) atoms. The Kier molecular flexibility index (Phi) is 5.11. The van der Waals surface area contributed by atoms with Crippen molar-refractivity contribution in [3.05, 3.63) is 58.1 Å². The Bertz CT molecular complexity index is 748. The molecular weight excluding hydrogens is 331 g/mol. The van der Waals surface area contributed by atoms with Gasteiger partial charge in [0.25, 0.3) is 10.0 Å². The zero-order chi connectivity index (χ0) is 15.5.